The lowest BCUT2D eigenvalue weighted by Crippen LogP contribution is -2.17. The summed E-state index contributed by atoms with van der Waals surface area (Å²) in [5.74, 6) is 6.33. The van der Waals surface area contributed by atoms with Crippen molar-refractivity contribution in [1.29, 1.82) is 0 Å². The van der Waals surface area contributed by atoms with Crippen molar-refractivity contribution in [3.05, 3.63) is 0 Å². The quantitative estimate of drug-likeness (QED) is 0.501. The Hall–Kier alpha value is -0.440. The van der Waals surface area contributed by atoms with Gasteiger partial charge in [-0.25, -0.2) is 0 Å². The Bertz CT molecular complexity index is 187. The summed E-state index contributed by atoms with van der Waals surface area (Å²) >= 11 is 0. The molecule has 11 heavy (non-hydrogen) atoms. The second-order valence-electron chi connectivity index (χ2n) is 4.29. The predicted octanol–water partition coefficient (Wildman–Crippen LogP) is 2.69. The van der Waals surface area contributed by atoms with Crippen molar-refractivity contribution in [1.82, 2.24) is 0 Å². The number of rotatable bonds is 1. The zero-order valence-electron chi connectivity index (χ0n) is 7.22. The maximum Gasteiger partial charge on any atom is 0.0202 e. The fourth-order valence-corrected chi connectivity index (χ4v) is 3.03. The largest absolute Gasteiger partial charge is 0.120 e. The fourth-order valence-electron chi connectivity index (χ4n) is 3.03. The molecule has 2 aliphatic carbocycles. The van der Waals surface area contributed by atoms with Crippen LogP contribution >= 0.6 is 0 Å². The molecular formula is C11H16. The second-order valence-corrected chi connectivity index (χ2v) is 4.29. The van der Waals surface area contributed by atoms with E-state index in [9.17, 15) is 0 Å². The van der Waals surface area contributed by atoms with E-state index in [1.165, 1.54) is 25.7 Å². The highest BCUT2D eigenvalue weighted by Gasteiger charge is 2.41. The third kappa shape index (κ3) is 1.07. The maximum absolute atomic E-state index is 5.43. The zero-order valence-corrected chi connectivity index (χ0v) is 7.22. The number of fused-ring (bicyclic) bond motifs is 2. The van der Waals surface area contributed by atoms with Crippen LogP contribution in [0.1, 0.15) is 32.6 Å². The van der Waals surface area contributed by atoms with E-state index in [0.29, 0.717) is 5.92 Å². The van der Waals surface area contributed by atoms with Gasteiger partial charge in [-0.15, -0.1) is 12.3 Å². The Morgan fingerprint density at radius 2 is 2.18 bits per heavy atom. The monoisotopic (exact) mass is 148 g/mol. The number of hydrogen-bond acceptors (Lipinski definition) is 0. The van der Waals surface area contributed by atoms with Crippen LogP contribution < -0.4 is 0 Å². The molecule has 0 amide bonds. The van der Waals surface area contributed by atoms with Crippen LogP contribution in [0.25, 0.3) is 0 Å². The molecule has 0 heterocycles. The van der Waals surface area contributed by atoms with Gasteiger partial charge in [-0.05, 0) is 37.0 Å². The molecule has 2 saturated carbocycles. The van der Waals surface area contributed by atoms with Gasteiger partial charge in [0.25, 0.3) is 0 Å². The molecule has 0 N–H and O–H groups in total. The zero-order chi connectivity index (χ0) is 7.84. The first-order valence-corrected chi connectivity index (χ1v) is 4.77. The second kappa shape index (κ2) is 2.55. The van der Waals surface area contributed by atoms with Gasteiger partial charge in [0.1, 0.15) is 0 Å². The molecule has 0 aromatic heterocycles. The van der Waals surface area contributed by atoms with Crippen molar-refractivity contribution in [2.75, 3.05) is 0 Å². The van der Waals surface area contributed by atoms with Crippen molar-refractivity contribution in [2.45, 2.75) is 32.6 Å². The lowest BCUT2D eigenvalue weighted by molar-refractivity contribution is 0.282. The van der Waals surface area contributed by atoms with Crippen molar-refractivity contribution >= 4 is 0 Å². The van der Waals surface area contributed by atoms with E-state index in [1.54, 1.807) is 0 Å². The van der Waals surface area contributed by atoms with Gasteiger partial charge in [0, 0.05) is 5.92 Å². The van der Waals surface area contributed by atoms with Crippen molar-refractivity contribution in [3.63, 3.8) is 0 Å². The molecule has 4 unspecified atom stereocenters. The summed E-state index contributed by atoms with van der Waals surface area (Å²) in [6.07, 6.45) is 11.3. The minimum atomic E-state index is 0.533. The molecule has 0 spiro atoms. The van der Waals surface area contributed by atoms with Crippen molar-refractivity contribution in [2.24, 2.45) is 23.7 Å². The summed E-state index contributed by atoms with van der Waals surface area (Å²) < 4.78 is 0. The average molecular weight is 148 g/mol. The maximum atomic E-state index is 5.43. The van der Waals surface area contributed by atoms with E-state index in [2.05, 4.69) is 12.8 Å². The molecule has 4 atom stereocenters. The van der Waals surface area contributed by atoms with E-state index >= 15 is 0 Å². The Balaban J connectivity index is 2.03. The summed E-state index contributed by atoms with van der Waals surface area (Å²) in [5.41, 5.74) is 0. The van der Waals surface area contributed by atoms with Gasteiger partial charge < -0.3 is 0 Å². The molecule has 0 aromatic rings. The number of terminal acetylenes is 1. The van der Waals surface area contributed by atoms with Crippen LogP contribution in [0.2, 0.25) is 0 Å². The van der Waals surface area contributed by atoms with Crippen molar-refractivity contribution in [3.8, 4) is 12.3 Å². The molecule has 0 radical (unpaired) electrons. The van der Waals surface area contributed by atoms with E-state index in [1.807, 2.05) is 0 Å². The molecule has 0 nitrogen and oxygen atoms in total. The van der Waals surface area contributed by atoms with Crippen LogP contribution in [0.4, 0.5) is 0 Å². The summed E-state index contributed by atoms with van der Waals surface area (Å²) in [4.78, 5) is 0. The van der Waals surface area contributed by atoms with Gasteiger partial charge in [0.05, 0.1) is 0 Å². The highest BCUT2D eigenvalue weighted by Crippen LogP contribution is 2.50. The van der Waals surface area contributed by atoms with Gasteiger partial charge in [0.15, 0.2) is 0 Å². The van der Waals surface area contributed by atoms with Gasteiger partial charge in [-0.2, -0.15) is 0 Å². The fraction of sp³-hybridized carbons (Fsp3) is 0.818. The third-order valence-electron chi connectivity index (χ3n) is 3.70. The summed E-state index contributed by atoms with van der Waals surface area (Å²) in [5, 5.41) is 0. The summed E-state index contributed by atoms with van der Waals surface area (Å²) in [6.45, 7) is 2.21. The van der Waals surface area contributed by atoms with Gasteiger partial charge in [0.2, 0.25) is 0 Å². The molecule has 2 rings (SSSR count). The molecule has 0 aliphatic heterocycles. The molecular weight excluding hydrogens is 132 g/mol. The van der Waals surface area contributed by atoms with Crippen molar-refractivity contribution < 1.29 is 0 Å². The molecule has 0 heteroatoms. The van der Waals surface area contributed by atoms with Crippen LogP contribution in [0.3, 0.4) is 0 Å². The Morgan fingerprint density at radius 3 is 2.64 bits per heavy atom. The van der Waals surface area contributed by atoms with Gasteiger partial charge >= 0.3 is 0 Å². The first-order chi connectivity index (χ1) is 5.31. The van der Waals surface area contributed by atoms with Crippen LogP contribution in [-0.2, 0) is 0 Å². The van der Waals surface area contributed by atoms with Gasteiger partial charge in [-0.3, -0.25) is 0 Å². The lowest BCUT2D eigenvalue weighted by atomic mass is 9.81. The van der Waals surface area contributed by atoms with E-state index < -0.39 is 0 Å². The highest BCUT2D eigenvalue weighted by atomic mass is 14.5. The molecule has 2 fully saturated rings. The lowest BCUT2D eigenvalue weighted by Gasteiger charge is -2.24. The summed E-state index contributed by atoms with van der Waals surface area (Å²) in [6, 6.07) is 0. The molecule has 2 aliphatic rings. The third-order valence-corrected chi connectivity index (χ3v) is 3.70. The predicted molar refractivity (Wildman–Crippen MR) is 46.9 cm³/mol. The first-order valence-electron chi connectivity index (χ1n) is 4.77. The molecule has 2 bridgehead atoms. The van der Waals surface area contributed by atoms with Crippen LogP contribution in [0.5, 0.6) is 0 Å². The van der Waals surface area contributed by atoms with E-state index in [4.69, 9.17) is 6.42 Å². The molecule has 60 valence electrons. The molecule has 0 aromatic carbocycles. The smallest absolute Gasteiger partial charge is 0.0202 e. The van der Waals surface area contributed by atoms with E-state index in [0.717, 1.165) is 17.8 Å². The number of hydrogen-bond donors (Lipinski definition) is 0. The first kappa shape index (κ1) is 7.22. The van der Waals surface area contributed by atoms with Gasteiger partial charge in [-0.1, -0.05) is 13.3 Å². The minimum Gasteiger partial charge on any atom is -0.120 e. The Kier molecular flexibility index (Phi) is 1.68. The topological polar surface area (TPSA) is 0 Å². The Morgan fingerprint density at radius 1 is 1.36 bits per heavy atom. The minimum absolute atomic E-state index is 0.533. The van der Waals surface area contributed by atoms with E-state index in [-0.39, 0.29) is 0 Å². The van der Waals surface area contributed by atoms with Crippen LogP contribution in [0.15, 0.2) is 0 Å². The average Bonchev–Trinajstić information content (AvgIpc) is 2.62. The highest BCUT2D eigenvalue weighted by molar-refractivity contribution is 5.01. The normalized spacial score (nSPS) is 43.8. The standard InChI is InChI=1S/C11H16/c1-3-8(2)11-7-9-4-5-10(11)6-9/h1,8-11H,4-7H2,2H3. The Labute approximate surface area is 69.4 Å². The van der Waals surface area contributed by atoms with Crippen LogP contribution in [-0.4, -0.2) is 0 Å². The summed E-state index contributed by atoms with van der Waals surface area (Å²) in [7, 11) is 0. The molecule has 0 saturated heterocycles. The van der Waals surface area contributed by atoms with Crippen LogP contribution in [0, 0.1) is 36.0 Å². The SMILES string of the molecule is C#CC(C)C1CC2CCC1C2.